The Balaban J connectivity index is 1.85. The Labute approximate surface area is 131 Å². The number of aromatic nitrogens is 2. The summed E-state index contributed by atoms with van der Waals surface area (Å²) in [5, 5.41) is 5.37. The van der Waals surface area contributed by atoms with Crippen LogP contribution in [0.15, 0.2) is 4.47 Å². The predicted molar refractivity (Wildman–Crippen MR) is 83.7 cm³/mol. The fraction of sp³-hybridized carbons (Fsp3) is 0.769. The molecule has 2 heterocycles. The molecule has 0 aliphatic carbocycles. The van der Waals surface area contributed by atoms with Gasteiger partial charge in [0.25, 0.3) is 0 Å². The minimum Gasteiger partial charge on any atom is -0.377 e. The van der Waals surface area contributed by atoms with Gasteiger partial charge < -0.3 is 4.74 Å². The van der Waals surface area contributed by atoms with Crippen LogP contribution in [-0.4, -0.2) is 45.8 Å². The molecule has 1 saturated heterocycles. The summed E-state index contributed by atoms with van der Waals surface area (Å²) in [6, 6.07) is 0. The summed E-state index contributed by atoms with van der Waals surface area (Å²) in [6.45, 7) is 6.02. The topological polar surface area (TPSA) is 30.3 Å². The van der Waals surface area contributed by atoms with E-state index in [0.717, 1.165) is 54.6 Å². The quantitative estimate of drug-likeness (QED) is 0.719. The van der Waals surface area contributed by atoms with Crippen molar-refractivity contribution in [1.29, 1.82) is 0 Å². The van der Waals surface area contributed by atoms with E-state index in [4.69, 9.17) is 4.74 Å². The van der Waals surface area contributed by atoms with Gasteiger partial charge in [0.2, 0.25) is 0 Å². The lowest BCUT2D eigenvalue weighted by Gasteiger charge is -2.31. The summed E-state index contributed by atoms with van der Waals surface area (Å²) in [5.41, 5.74) is 2.32. The van der Waals surface area contributed by atoms with E-state index < -0.39 is 0 Å². The van der Waals surface area contributed by atoms with Crippen LogP contribution in [0, 0.1) is 6.92 Å². The second-order valence-corrected chi connectivity index (χ2v) is 6.59. The average Bonchev–Trinajstić information content (AvgIpc) is 2.64. The highest BCUT2D eigenvalue weighted by atomic mass is 79.9. The maximum absolute atomic E-state index is 5.78. The number of nitrogens with zero attached hydrogens (tertiary/aromatic N) is 3. The molecule has 2 rings (SSSR count). The molecule has 0 aromatic carbocycles. The van der Waals surface area contributed by atoms with Gasteiger partial charge in [-0.1, -0.05) is 15.9 Å². The smallest absolute Gasteiger partial charge is 0.0739 e. The van der Waals surface area contributed by atoms with E-state index in [0.29, 0.717) is 6.10 Å². The first kappa shape index (κ1) is 15.5. The first-order valence-corrected chi connectivity index (χ1v) is 8.61. The molecule has 108 valence electrons. The fourth-order valence-corrected chi connectivity index (χ4v) is 3.16. The van der Waals surface area contributed by atoms with Gasteiger partial charge in [-0.05, 0) is 35.7 Å². The predicted octanol–water partition coefficient (Wildman–Crippen LogP) is 2.87. The Bertz CT molecular complexity index is 414. The third kappa shape index (κ3) is 4.03. The Morgan fingerprint density at radius 2 is 2.05 bits per heavy atom. The molecular weight excluding hydrogens is 374 g/mol. The average molecular weight is 395 g/mol. The molecule has 0 spiro atoms. The molecule has 19 heavy (non-hydrogen) atoms. The molecule has 1 fully saturated rings. The molecule has 0 saturated carbocycles. The summed E-state index contributed by atoms with van der Waals surface area (Å²) < 4.78 is 8.91. The van der Waals surface area contributed by atoms with Crippen LogP contribution in [0.2, 0.25) is 0 Å². The number of likely N-dealkylation sites (tertiary alicyclic amines) is 1. The summed E-state index contributed by atoms with van der Waals surface area (Å²) >= 11 is 7.03. The Morgan fingerprint density at radius 3 is 2.58 bits per heavy atom. The highest BCUT2D eigenvalue weighted by Crippen LogP contribution is 2.23. The molecule has 1 aliphatic heterocycles. The van der Waals surface area contributed by atoms with Crippen LogP contribution in [0.5, 0.6) is 0 Å². The van der Waals surface area contributed by atoms with Crippen LogP contribution in [-0.2, 0) is 18.3 Å². The molecule has 0 atom stereocenters. The van der Waals surface area contributed by atoms with Crippen molar-refractivity contribution in [2.75, 3.05) is 25.0 Å². The first-order chi connectivity index (χ1) is 9.11. The molecule has 1 aromatic heterocycles. The molecule has 1 aliphatic rings. The summed E-state index contributed by atoms with van der Waals surface area (Å²) in [5.74, 6) is 0. The lowest BCUT2D eigenvalue weighted by atomic mass is 10.1. The molecule has 4 nitrogen and oxygen atoms in total. The van der Waals surface area contributed by atoms with Crippen molar-refractivity contribution in [1.82, 2.24) is 14.7 Å². The maximum Gasteiger partial charge on any atom is 0.0739 e. The van der Waals surface area contributed by atoms with Gasteiger partial charge in [0.15, 0.2) is 0 Å². The van der Waals surface area contributed by atoms with E-state index in [9.17, 15) is 0 Å². The number of piperidine rings is 1. The molecule has 0 N–H and O–H groups in total. The highest BCUT2D eigenvalue weighted by Gasteiger charge is 2.21. The van der Waals surface area contributed by atoms with Crippen molar-refractivity contribution < 1.29 is 4.74 Å². The lowest BCUT2D eigenvalue weighted by molar-refractivity contribution is 0.0136. The number of alkyl halides is 1. The van der Waals surface area contributed by atoms with Gasteiger partial charge in [-0.3, -0.25) is 9.58 Å². The van der Waals surface area contributed by atoms with Gasteiger partial charge in [0.05, 0.1) is 28.6 Å². The number of hydrogen-bond acceptors (Lipinski definition) is 3. The zero-order valence-corrected chi connectivity index (χ0v) is 14.7. The van der Waals surface area contributed by atoms with E-state index in [1.807, 2.05) is 18.7 Å². The van der Waals surface area contributed by atoms with Crippen molar-refractivity contribution in [2.24, 2.45) is 7.05 Å². The summed E-state index contributed by atoms with van der Waals surface area (Å²) in [6.07, 6.45) is 2.69. The number of rotatable bonds is 5. The van der Waals surface area contributed by atoms with Crippen LogP contribution >= 0.6 is 31.9 Å². The van der Waals surface area contributed by atoms with E-state index in [1.165, 1.54) is 5.69 Å². The Hall–Kier alpha value is 0.0900. The van der Waals surface area contributed by atoms with Gasteiger partial charge >= 0.3 is 0 Å². The van der Waals surface area contributed by atoms with Crippen molar-refractivity contribution in [3.8, 4) is 0 Å². The molecule has 0 radical (unpaired) electrons. The number of halogens is 2. The third-order valence-corrected chi connectivity index (χ3v) is 4.96. The van der Waals surface area contributed by atoms with E-state index in [-0.39, 0.29) is 0 Å². The molecule has 0 amide bonds. The zero-order valence-electron chi connectivity index (χ0n) is 11.5. The first-order valence-electron chi connectivity index (χ1n) is 6.69. The highest BCUT2D eigenvalue weighted by molar-refractivity contribution is 9.10. The fourth-order valence-electron chi connectivity index (χ4n) is 2.51. The minimum atomic E-state index is 0.436. The Morgan fingerprint density at radius 1 is 1.37 bits per heavy atom. The SMILES string of the molecule is Cc1nn(C)c(CN2CCC(OCCBr)CC2)c1Br. The van der Waals surface area contributed by atoms with Gasteiger partial charge in [-0.25, -0.2) is 0 Å². The standard InChI is InChI=1S/C13H21Br2N3O/c1-10-13(15)12(17(2)16-10)9-18-6-3-11(4-7-18)19-8-5-14/h11H,3-9H2,1-2H3. The zero-order chi connectivity index (χ0) is 13.8. The molecule has 0 bridgehead atoms. The van der Waals surface area contributed by atoms with Crippen LogP contribution < -0.4 is 0 Å². The number of aryl methyl sites for hydroxylation is 2. The van der Waals surface area contributed by atoms with Gasteiger partial charge in [-0.2, -0.15) is 5.10 Å². The molecular formula is C13H21Br2N3O. The van der Waals surface area contributed by atoms with Crippen LogP contribution in [0.4, 0.5) is 0 Å². The largest absolute Gasteiger partial charge is 0.377 e. The van der Waals surface area contributed by atoms with Crippen molar-refractivity contribution >= 4 is 31.9 Å². The van der Waals surface area contributed by atoms with Crippen LogP contribution in [0.3, 0.4) is 0 Å². The van der Waals surface area contributed by atoms with E-state index >= 15 is 0 Å². The van der Waals surface area contributed by atoms with Gasteiger partial charge in [0.1, 0.15) is 0 Å². The number of hydrogen-bond donors (Lipinski definition) is 0. The monoisotopic (exact) mass is 393 g/mol. The second kappa shape index (κ2) is 7.20. The van der Waals surface area contributed by atoms with Crippen LogP contribution in [0.1, 0.15) is 24.2 Å². The molecule has 1 aromatic rings. The normalized spacial score (nSPS) is 18.1. The van der Waals surface area contributed by atoms with Crippen molar-refractivity contribution in [2.45, 2.75) is 32.4 Å². The second-order valence-electron chi connectivity index (χ2n) is 5.00. The Kier molecular flexibility index (Phi) is 5.87. The molecule has 6 heteroatoms. The van der Waals surface area contributed by atoms with Crippen LogP contribution in [0.25, 0.3) is 0 Å². The van der Waals surface area contributed by atoms with Crippen molar-refractivity contribution in [3.63, 3.8) is 0 Å². The van der Waals surface area contributed by atoms with Gasteiger partial charge in [0, 0.05) is 32.0 Å². The lowest BCUT2D eigenvalue weighted by Crippen LogP contribution is -2.37. The maximum atomic E-state index is 5.78. The molecule has 0 unspecified atom stereocenters. The van der Waals surface area contributed by atoms with Gasteiger partial charge in [-0.15, -0.1) is 0 Å². The third-order valence-electron chi connectivity index (χ3n) is 3.60. The number of ether oxygens (including phenoxy) is 1. The van der Waals surface area contributed by atoms with E-state index in [2.05, 4.69) is 41.9 Å². The van der Waals surface area contributed by atoms with E-state index in [1.54, 1.807) is 0 Å². The van der Waals surface area contributed by atoms with Crippen molar-refractivity contribution in [3.05, 3.63) is 15.9 Å². The minimum absolute atomic E-state index is 0.436. The summed E-state index contributed by atoms with van der Waals surface area (Å²) in [7, 11) is 2.01. The summed E-state index contributed by atoms with van der Waals surface area (Å²) in [4.78, 5) is 2.48.